The van der Waals surface area contributed by atoms with Crippen molar-refractivity contribution in [2.75, 3.05) is 26.2 Å². The van der Waals surface area contributed by atoms with Crippen molar-refractivity contribution in [3.05, 3.63) is 34.4 Å². The molecule has 2 fully saturated rings. The highest BCUT2D eigenvalue weighted by atomic mass is 35.5. The van der Waals surface area contributed by atoms with E-state index in [2.05, 4.69) is 10.3 Å². The highest BCUT2D eigenvalue weighted by molar-refractivity contribution is 7.19. The molecule has 2 saturated heterocycles. The number of rotatable bonds is 2. The number of halogens is 1. The number of nitrogens with zero attached hydrogens (tertiary/aromatic N) is 1. The molecule has 0 bridgehead atoms. The molecule has 2 aliphatic heterocycles. The van der Waals surface area contributed by atoms with Crippen molar-refractivity contribution in [3.8, 4) is 10.4 Å². The van der Waals surface area contributed by atoms with Gasteiger partial charge in [-0.1, -0.05) is 11.6 Å². The number of amides is 1. The van der Waals surface area contributed by atoms with Crippen molar-refractivity contribution < 1.29 is 4.79 Å². The fraction of sp³-hybridized carbons (Fsp3) is 0.471. The van der Waals surface area contributed by atoms with Crippen molar-refractivity contribution in [3.63, 3.8) is 0 Å². The van der Waals surface area contributed by atoms with Crippen LogP contribution in [0.2, 0.25) is 4.34 Å². The Kier molecular flexibility index (Phi) is 4.18. The summed E-state index contributed by atoms with van der Waals surface area (Å²) in [5, 5.41) is 3.48. The molecule has 2 aromatic rings. The maximum absolute atomic E-state index is 13.0. The van der Waals surface area contributed by atoms with E-state index in [9.17, 15) is 4.79 Å². The number of aromatic nitrogens is 1. The summed E-state index contributed by atoms with van der Waals surface area (Å²) < 4.78 is 0.745. The van der Waals surface area contributed by atoms with Gasteiger partial charge >= 0.3 is 0 Å². The van der Waals surface area contributed by atoms with E-state index in [4.69, 9.17) is 11.6 Å². The van der Waals surface area contributed by atoms with E-state index in [0.717, 1.165) is 71.2 Å². The van der Waals surface area contributed by atoms with Crippen LogP contribution in [0.1, 0.15) is 23.2 Å². The molecule has 0 aliphatic carbocycles. The van der Waals surface area contributed by atoms with E-state index >= 15 is 0 Å². The monoisotopic (exact) mass is 349 g/mol. The Labute approximate surface area is 144 Å². The Balaban J connectivity index is 1.54. The Bertz CT molecular complexity index is 696. The van der Waals surface area contributed by atoms with Crippen molar-refractivity contribution >= 4 is 28.8 Å². The Morgan fingerprint density at radius 3 is 2.57 bits per heavy atom. The van der Waals surface area contributed by atoms with E-state index in [1.807, 2.05) is 29.4 Å². The third-order valence-electron chi connectivity index (χ3n) is 5.12. The van der Waals surface area contributed by atoms with Gasteiger partial charge in [0.15, 0.2) is 0 Å². The molecular weight excluding hydrogens is 330 g/mol. The highest BCUT2D eigenvalue weighted by Gasteiger charge is 2.32. The normalized spacial score (nSPS) is 24.5. The summed E-state index contributed by atoms with van der Waals surface area (Å²) in [7, 11) is 0. The first-order valence-electron chi connectivity index (χ1n) is 8.15. The Morgan fingerprint density at radius 1 is 1.17 bits per heavy atom. The zero-order chi connectivity index (χ0) is 15.8. The van der Waals surface area contributed by atoms with Crippen LogP contribution in [0.15, 0.2) is 24.5 Å². The summed E-state index contributed by atoms with van der Waals surface area (Å²) >= 11 is 7.55. The van der Waals surface area contributed by atoms with Gasteiger partial charge in [-0.15, -0.1) is 11.3 Å². The molecule has 0 spiro atoms. The average molecular weight is 350 g/mol. The van der Waals surface area contributed by atoms with Crippen molar-refractivity contribution in [1.82, 2.24) is 15.2 Å². The molecule has 23 heavy (non-hydrogen) atoms. The van der Waals surface area contributed by atoms with E-state index in [1.165, 1.54) is 11.3 Å². The first kappa shape index (κ1) is 15.2. The predicted octanol–water partition coefficient (Wildman–Crippen LogP) is 3.47. The number of carbonyl (C=O) groups excluding carboxylic acids is 1. The Hall–Kier alpha value is -1.30. The minimum absolute atomic E-state index is 0.138. The first-order chi connectivity index (χ1) is 11.2. The zero-order valence-electron chi connectivity index (χ0n) is 12.8. The molecule has 0 radical (unpaired) electrons. The molecule has 6 heteroatoms. The second kappa shape index (κ2) is 6.30. The lowest BCUT2D eigenvalue weighted by atomic mass is 9.92. The van der Waals surface area contributed by atoms with Gasteiger partial charge in [-0.2, -0.15) is 0 Å². The molecule has 2 aliphatic rings. The van der Waals surface area contributed by atoms with Crippen LogP contribution >= 0.6 is 22.9 Å². The lowest BCUT2D eigenvalue weighted by molar-refractivity contribution is 0.0759. The quantitative estimate of drug-likeness (QED) is 0.872. The van der Waals surface area contributed by atoms with Crippen LogP contribution in [0.4, 0.5) is 0 Å². The highest BCUT2D eigenvalue weighted by Crippen LogP contribution is 2.34. The molecule has 4 heterocycles. The van der Waals surface area contributed by atoms with Crippen molar-refractivity contribution in [2.45, 2.75) is 12.8 Å². The van der Waals surface area contributed by atoms with E-state index in [-0.39, 0.29) is 5.91 Å². The van der Waals surface area contributed by atoms with E-state index < -0.39 is 0 Å². The third kappa shape index (κ3) is 2.93. The summed E-state index contributed by atoms with van der Waals surface area (Å²) in [6.07, 6.45) is 5.92. The number of H-pyrrole nitrogens is 1. The van der Waals surface area contributed by atoms with Crippen LogP contribution in [0.25, 0.3) is 10.4 Å². The number of thiophene rings is 1. The SMILES string of the molecule is O=C(c1c[nH]cc1-c1ccc(Cl)s1)N1CC[C@@H]2CNC[C@@H]2CC1. The number of carbonyl (C=O) groups is 1. The van der Waals surface area contributed by atoms with Gasteiger partial charge in [0.25, 0.3) is 5.91 Å². The van der Waals surface area contributed by atoms with E-state index in [1.54, 1.807) is 0 Å². The van der Waals surface area contributed by atoms with Crippen LogP contribution in [-0.2, 0) is 0 Å². The van der Waals surface area contributed by atoms with Gasteiger partial charge in [0.05, 0.1) is 9.90 Å². The summed E-state index contributed by atoms with van der Waals surface area (Å²) in [6, 6.07) is 3.86. The number of hydrogen-bond acceptors (Lipinski definition) is 3. The van der Waals surface area contributed by atoms with Gasteiger partial charge in [-0.3, -0.25) is 4.79 Å². The maximum atomic E-state index is 13.0. The largest absolute Gasteiger partial charge is 0.366 e. The molecule has 4 nitrogen and oxygen atoms in total. The molecule has 4 rings (SSSR count). The van der Waals surface area contributed by atoms with Crippen LogP contribution in [0.3, 0.4) is 0 Å². The van der Waals surface area contributed by atoms with Crippen LogP contribution in [-0.4, -0.2) is 42.0 Å². The maximum Gasteiger partial charge on any atom is 0.256 e. The molecule has 0 unspecified atom stereocenters. The van der Waals surface area contributed by atoms with Gasteiger partial charge in [0.2, 0.25) is 0 Å². The summed E-state index contributed by atoms with van der Waals surface area (Å²) in [5.74, 6) is 1.60. The molecular formula is C17H20ClN3OS. The zero-order valence-corrected chi connectivity index (χ0v) is 14.4. The first-order valence-corrected chi connectivity index (χ1v) is 9.34. The van der Waals surface area contributed by atoms with E-state index in [0.29, 0.717) is 0 Å². The van der Waals surface area contributed by atoms with Gasteiger partial charge < -0.3 is 15.2 Å². The molecule has 0 saturated carbocycles. The van der Waals surface area contributed by atoms with Crippen molar-refractivity contribution in [2.24, 2.45) is 11.8 Å². The van der Waals surface area contributed by atoms with Crippen LogP contribution < -0.4 is 5.32 Å². The van der Waals surface area contributed by atoms with Crippen LogP contribution in [0, 0.1) is 11.8 Å². The summed E-state index contributed by atoms with van der Waals surface area (Å²) in [5.41, 5.74) is 1.71. The molecule has 1 amide bonds. The lowest BCUT2D eigenvalue weighted by Gasteiger charge is -2.21. The van der Waals surface area contributed by atoms with Gasteiger partial charge in [-0.05, 0) is 49.9 Å². The van der Waals surface area contributed by atoms with Crippen LogP contribution in [0.5, 0.6) is 0 Å². The second-order valence-corrected chi connectivity index (χ2v) is 8.15. The summed E-state index contributed by atoms with van der Waals surface area (Å²) in [4.78, 5) is 19.1. The molecule has 2 atom stereocenters. The predicted molar refractivity (Wildman–Crippen MR) is 94.1 cm³/mol. The topological polar surface area (TPSA) is 48.1 Å². The minimum atomic E-state index is 0.138. The van der Waals surface area contributed by atoms with Gasteiger partial charge in [0.1, 0.15) is 0 Å². The lowest BCUT2D eigenvalue weighted by Crippen LogP contribution is -2.32. The molecule has 2 aromatic heterocycles. The minimum Gasteiger partial charge on any atom is -0.366 e. The molecule has 0 aromatic carbocycles. The number of fused-ring (bicyclic) bond motifs is 1. The van der Waals surface area contributed by atoms with Crippen molar-refractivity contribution in [1.29, 1.82) is 0 Å². The Morgan fingerprint density at radius 2 is 1.91 bits per heavy atom. The standard InChI is InChI=1S/C17H20ClN3OS/c18-16-2-1-15(23-16)13-9-20-10-14(13)17(22)21-5-3-11-7-19-8-12(11)4-6-21/h1-2,9-12,19-20H,3-8H2/t11-,12+. The molecule has 2 N–H and O–H groups in total. The smallest absolute Gasteiger partial charge is 0.256 e. The fourth-order valence-corrected chi connectivity index (χ4v) is 4.87. The summed E-state index contributed by atoms with van der Waals surface area (Å²) in [6.45, 7) is 3.93. The molecule has 122 valence electrons. The number of nitrogens with one attached hydrogen (secondary N) is 2. The number of hydrogen-bond donors (Lipinski definition) is 2. The fourth-order valence-electron chi connectivity index (χ4n) is 3.80. The van der Waals surface area contributed by atoms with Gasteiger partial charge in [-0.25, -0.2) is 0 Å². The number of likely N-dealkylation sites (tertiary alicyclic amines) is 1. The van der Waals surface area contributed by atoms with Gasteiger partial charge in [0, 0.05) is 35.9 Å². The average Bonchev–Trinajstić information content (AvgIpc) is 3.25. The second-order valence-electron chi connectivity index (χ2n) is 6.43. The third-order valence-corrected chi connectivity index (χ3v) is 6.39. The number of aromatic amines is 1.